The molecule has 1 aromatic heterocycles. The van der Waals surface area contributed by atoms with Gasteiger partial charge >= 0.3 is 0 Å². The van der Waals surface area contributed by atoms with Crippen molar-refractivity contribution in [2.75, 3.05) is 0 Å². The Morgan fingerprint density at radius 1 is 1.53 bits per heavy atom. The van der Waals surface area contributed by atoms with Crippen LogP contribution in [0, 0.1) is 5.82 Å². The van der Waals surface area contributed by atoms with Gasteiger partial charge in [-0.25, -0.2) is 9.37 Å². The molecule has 1 unspecified atom stereocenters. The molecule has 1 aromatic carbocycles. The summed E-state index contributed by atoms with van der Waals surface area (Å²) in [6, 6.07) is 3.96. The Morgan fingerprint density at radius 2 is 2.35 bits per heavy atom. The van der Waals surface area contributed by atoms with E-state index in [9.17, 15) is 9.50 Å². The normalized spacial score (nSPS) is 12.6. The van der Waals surface area contributed by atoms with Crippen LogP contribution in [0.2, 0.25) is 0 Å². The molecule has 0 amide bonds. The molecule has 0 saturated heterocycles. The minimum absolute atomic E-state index is 0.0328. The molecule has 2 rings (SSSR count). The molecule has 0 bridgehead atoms. The minimum atomic E-state index is -0.438. The van der Waals surface area contributed by atoms with Crippen LogP contribution in [-0.2, 0) is 6.54 Å². The molecule has 90 valence electrons. The predicted octanol–water partition coefficient (Wildman–Crippen LogP) is 2.11. The summed E-state index contributed by atoms with van der Waals surface area (Å²) in [5, 5.41) is 12.8. The van der Waals surface area contributed by atoms with Gasteiger partial charge in [0.2, 0.25) is 0 Å². The quantitative estimate of drug-likeness (QED) is 0.760. The highest BCUT2D eigenvalue weighted by Crippen LogP contribution is 2.24. The van der Waals surface area contributed by atoms with Crippen LogP contribution in [0.1, 0.15) is 24.2 Å². The molecule has 3 N–H and O–H groups in total. The number of halogens is 1. The van der Waals surface area contributed by atoms with Crippen LogP contribution in [0.25, 0.3) is 0 Å². The van der Waals surface area contributed by atoms with Crippen molar-refractivity contribution in [2.24, 2.45) is 0 Å². The third-order valence-electron chi connectivity index (χ3n) is 2.61. The summed E-state index contributed by atoms with van der Waals surface area (Å²) in [6.07, 6.45) is 3.33. The van der Waals surface area contributed by atoms with E-state index in [1.165, 1.54) is 6.07 Å². The SMILES string of the molecule is CC(NCc1cnc[nH]1)c1ccc(F)cc1O. The first-order valence-corrected chi connectivity index (χ1v) is 5.36. The molecule has 4 nitrogen and oxygen atoms in total. The Kier molecular flexibility index (Phi) is 3.39. The fourth-order valence-corrected chi connectivity index (χ4v) is 1.64. The van der Waals surface area contributed by atoms with E-state index in [2.05, 4.69) is 15.3 Å². The summed E-state index contributed by atoms with van der Waals surface area (Å²) in [5.74, 6) is -0.471. The molecule has 0 aliphatic rings. The largest absolute Gasteiger partial charge is 0.508 e. The average molecular weight is 235 g/mol. The van der Waals surface area contributed by atoms with Gasteiger partial charge in [-0.15, -0.1) is 0 Å². The van der Waals surface area contributed by atoms with Gasteiger partial charge in [0.1, 0.15) is 11.6 Å². The maximum atomic E-state index is 12.8. The maximum Gasteiger partial charge on any atom is 0.126 e. The summed E-state index contributed by atoms with van der Waals surface area (Å²) in [6.45, 7) is 2.52. The summed E-state index contributed by atoms with van der Waals surface area (Å²) in [5.41, 5.74) is 1.63. The van der Waals surface area contributed by atoms with Crippen molar-refractivity contribution in [2.45, 2.75) is 19.5 Å². The second kappa shape index (κ2) is 4.97. The van der Waals surface area contributed by atoms with E-state index in [1.54, 1.807) is 18.6 Å². The molecule has 0 aliphatic heterocycles. The van der Waals surface area contributed by atoms with Crippen molar-refractivity contribution in [1.82, 2.24) is 15.3 Å². The second-order valence-electron chi connectivity index (χ2n) is 3.88. The highest BCUT2D eigenvalue weighted by Gasteiger charge is 2.10. The lowest BCUT2D eigenvalue weighted by Gasteiger charge is -2.14. The van der Waals surface area contributed by atoms with Crippen LogP contribution >= 0.6 is 0 Å². The minimum Gasteiger partial charge on any atom is -0.508 e. The summed E-state index contributed by atoms with van der Waals surface area (Å²) in [7, 11) is 0. The van der Waals surface area contributed by atoms with Crippen molar-refractivity contribution in [3.8, 4) is 5.75 Å². The molecular weight excluding hydrogens is 221 g/mol. The lowest BCUT2D eigenvalue weighted by Crippen LogP contribution is -2.18. The van der Waals surface area contributed by atoms with Gasteiger partial charge in [-0.2, -0.15) is 0 Å². The number of benzene rings is 1. The number of nitrogens with zero attached hydrogens (tertiary/aromatic N) is 1. The number of hydrogen-bond acceptors (Lipinski definition) is 3. The van der Waals surface area contributed by atoms with Crippen molar-refractivity contribution in [3.05, 3.63) is 47.8 Å². The number of phenolic OH excluding ortho intramolecular Hbond substituents is 1. The van der Waals surface area contributed by atoms with Gasteiger partial charge in [0.05, 0.1) is 6.33 Å². The van der Waals surface area contributed by atoms with Crippen LogP contribution < -0.4 is 5.32 Å². The average Bonchev–Trinajstić information content (AvgIpc) is 2.78. The number of nitrogens with one attached hydrogen (secondary N) is 2. The van der Waals surface area contributed by atoms with Gasteiger partial charge in [0.15, 0.2) is 0 Å². The van der Waals surface area contributed by atoms with E-state index < -0.39 is 5.82 Å². The van der Waals surface area contributed by atoms with Gasteiger partial charge in [0.25, 0.3) is 0 Å². The van der Waals surface area contributed by atoms with Crippen LogP contribution in [0.3, 0.4) is 0 Å². The topological polar surface area (TPSA) is 60.9 Å². The van der Waals surface area contributed by atoms with Gasteiger partial charge in [0, 0.05) is 36.1 Å². The zero-order valence-electron chi connectivity index (χ0n) is 9.44. The molecule has 1 atom stereocenters. The van der Waals surface area contributed by atoms with Crippen LogP contribution in [-0.4, -0.2) is 15.1 Å². The first-order valence-electron chi connectivity index (χ1n) is 5.36. The number of rotatable bonds is 4. The molecule has 2 aromatic rings. The Bertz CT molecular complexity index is 485. The fraction of sp³-hybridized carbons (Fsp3) is 0.250. The molecule has 0 aliphatic carbocycles. The third-order valence-corrected chi connectivity index (χ3v) is 2.61. The van der Waals surface area contributed by atoms with Crippen molar-refractivity contribution < 1.29 is 9.50 Å². The van der Waals surface area contributed by atoms with E-state index in [0.29, 0.717) is 12.1 Å². The number of H-pyrrole nitrogens is 1. The molecular formula is C12H14FN3O. The Balaban J connectivity index is 2.01. The lowest BCUT2D eigenvalue weighted by atomic mass is 10.1. The Morgan fingerprint density at radius 3 is 3.00 bits per heavy atom. The fourth-order valence-electron chi connectivity index (χ4n) is 1.64. The number of aromatic nitrogens is 2. The van der Waals surface area contributed by atoms with E-state index in [0.717, 1.165) is 11.8 Å². The molecule has 1 heterocycles. The van der Waals surface area contributed by atoms with Gasteiger partial charge in [-0.3, -0.25) is 0 Å². The summed E-state index contributed by atoms with van der Waals surface area (Å²) < 4.78 is 12.8. The van der Waals surface area contributed by atoms with Crippen molar-refractivity contribution in [3.63, 3.8) is 0 Å². The first kappa shape index (κ1) is 11.6. The van der Waals surface area contributed by atoms with Crippen LogP contribution in [0.15, 0.2) is 30.7 Å². The predicted molar refractivity (Wildman–Crippen MR) is 61.9 cm³/mol. The summed E-state index contributed by atoms with van der Waals surface area (Å²) in [4.78, 5) is 6.88. The van der Waals surface area contributed by atoms with Gasteiger partial charge < -0.3 is 15.4 Å². The number of aromatic hydroxyl groups is 1. The number of aromatic amines is 1. The van der Waals surface area contributed by atoms with Crippen molar-refractivity contribution in [1.29, 1.82) is 0 Å². The smallest absolute Gasteiger partial charge is 0.126 e. The monoisotopic (exact) mass is 235 g/mol. The van der Waals surface area contributed by atoms with Crippen LogP contribution in [0.5, 0.6) is 5.75 Å². The standard InChI is InChI=1S/C12H14FN3O/c1-8(15-6-10-5-14-7-16-10)11-3-2-9(13)4-12(11)17/h2-5,7-8,15,17H,6H2,1H3,(H,14,16). The molecule has 17 heavy (non-hydrogen) atoms. The van der Waals surface area contributed by atoms with E-state index in [-0.39, 0.29) is 11.8 Å². The van der Waals surface area contributed by atoms with Gasteiger partial charge in [-0.05, 0) is 13.0 Å². The lowest BCUT2D eigenvalue weighted by molar-refractivity contribution is 0.446. The highest BCUT2D eigenvalue weighted by molar-refractivity contribution is 5.34. The first-order chi connectivity index (χ1) is 8.16. The zero-order valence-corrected chi connectivity index (χ0v) is 9.44. The Hall–Kier alpha value is -1.88. The number of imidazole rings is 1. The van der Waals surface area contributed by atoms with E-state index in [4.69, 9.17) is 0 Å². The maximum absolute atomic E-state index is 12.8. The summed E-state index contributed by atoms with van der Waals surface area (Å²) >= 11 is 0. The molecule has 0 radical (unpaired) electrons. The molecule has 5 heteroatoms. The third kappa shape index (κ3) is 2.82. The van der Waals surface area contributed by atoms with E-state index >= 15 is 0 Å². The zero-order chi connectivity index (χ0) is 12.3. The molecule has 0 fully saturated rings. The van der Waals surface area contributed by atoms with E-state index in [1.807, 2.05) is 6.92 Å². The molecule has 0 saturated carbocycles. The Labute approximate surface area is 98.5 Å². The van der Waals surface area contributed by atoms with Crippen molar-refractivity contribution >= 4 is 0 Å². The molecule has 0 spiro atoms. The van der Waals surface area contributed by atoms with Gasteiger partial charge in [-0.1, -0.05) is 6.07 Å². The highest BCUT2D eigenvalue weighted by atomic mass is 19.1. The number of phenols is 1. The number of hydrogen-bond donors (Lipinski definition) is 3. The van der Waals surface area contributed by atoms with Crippen LogP contribution in [0.4, 0.5) is 4.39 Å². The second-order valence-corrected chi connectivity index (χ2v) is 3.88.